The maximum absolute atomic E-state index is 12.4. The van der Waals surface area contributed by atoms with Crippen LogP contribution in [0.3, 0.4) is 0 Å². The summed E-state index contributed by atoms with van der Waals surface area (Å²) in [5.41, 5.74) is -0.496. The van der Waals surface area contributed by atoms with Crippen LogP contribution in [0.4, 0.5) is 9.59 Å². The molecule has 2 amide bonds. The third-order valence-electron chi connectivity index (χ3n) is 4.16. The molecule has 3 atom stereocenters. The molecule has 0 aromatic rings. The van der Waals surface area contributed by atoms with E-state index in [0.717, 1.165) is 19.3 Å². The molecule has 1 N–H and O–H groups in total. The molecule has 1 saturated heterocycles. The Morgan fingerprint density at radius 2 is 2.09 bits per heavy atom. The molecule has 22 heavy (non-hydrogen) atoms. The van der Waals surface area contributed by atoms with Gasteiger partial charge in [0, 0.05) is 18.5 Å². The summed E-state index contributed by atoms with van der Waals surface area (Å²) < 4.78 is 10.7. The first-order valence-corrected chi connectivity index (χ1v) is 8.18. The minimum atomic E-state index is -0.496. The largest absolute Gasteiger partial charge is 0.444 e. The number of alkyl carbamates (subject to hydrolysis) is 1. The van der Waals surface area contributed by atoms with Gasteiger partial charge in [0.2, 0.25) is 0 Å². The minimum absolute atomic E-state index is 0.0545. The van der Waals surface area contributed by atoms with Crippen LogP contribution >= 0.6 is 0 Å². The van der Waals surface area contributed by atoms with Crippen molar-refractivity contribution in [3.63, 3.8) is 0 Å². The normalized spacial score (nSPS) is 26.1. The van der Waals surface area contributed by atoms with Gasteiger partial charge in [-0.2, -0.15) is 0 Å². The van der Waals surface area contributed by atoms with Crippen molar-refractivity contribution in [1.82, 2.24) is 10.2 Å². The summed E-state index contributed by atoms with van der Waals surface area (Å²) in [5, 5.41) is 2.87. The highest BCUT2D eigenvalue weighted by Crippen LogP contribution is 2.31. The summed E-state index contributed by atoms with van der Waals surface area (Å²) in [6, 6.07) is 0.221. The minimum Gasteiger partial charge on any atom is -0.444 e. The highest BCUT2D eigenvalue weighted by Gasteiger charge is 2.41. The summed E-state index contributed by atoms with van der Waals surface area (Å²) in [4.78, 5) is 25.7. The van der Waals surface area contributed by atoms with Gasteiger partial charge in [-0.15, -0.1) is 0 Å². The predicted molar refractivity (Wildman–Crippen MR) is 82.6 cm³/mol. The number of carbonyl (C=O) groups is 2. The van der Waals surface area contributed by atoms with E-state index in [4.69, 9.17) is 9.47 Å². The van der Waals surface area contributed by atoms with Crippen LogP contribution in [0.2, 0.25) is 0 Å². The van der Waals surface area contributed by atoms with E-state index in [9.17, 15) is 9.59 Å². The van der Waals surface area contributed by atoms with Gasteiger partial charge in [-0.25, -0.2) is 9.59 Å². The van der Waals surface area contributed by atoms with Crippen molar-refractivity contribution in [3.05, 3.63) is 0 Å². The van der Waals surface area contributed by atoms with Crippen molar-refractivity contribution in [2.75, 3.05) is 6.54 Å². The zero-order valence-electron chi connectivity index (χ0n) is 14.2. The molecule has 0 radical (unpaired) electrons. The van der Waals surface area contributed by atoms with Crippen LogP contribution in [0.25, 0.3) is 0 Å². The maximum atomic E-state index is 12.4. The third kappa shape index (κ3) is 4.27. The second-order valence-electron chi connectivity index (χ2n) is 7.31. The fourth-order valence-electron chi connectivity index (χ4n) is 2.86. The second-order valence-corrected chi connectivity index (χ2v) is 7.31. The van der Waals surface area contributed by atoms with E-state index in [2.05, 4.69) is 12.2 Å². The number of rotatable bonds is 5. The monoisotopic (exact) mass is 312 g/mol. The Morgan fingerprint density at radius 3 is 2.50 bits per heavy atom. The van der Waals surface area contributed by atoms with Crippen molar-refractivity contribution in [1.29, 1.82) is 0 Å². The second kappa shape index (κ2) is 6.34. The van der Waals surface area contributed by atoms with Crippen molar-refractivity contribution >= 4 is 12.2 Å². The zero-order valence-corrected chi connectivity index (χ0v) is 14.2. The van der Waals surface area contributed by atoms with Crippen LogP contribution in [0.5, 0.6) is 0 Å². The van der Waals surface area contributed by atoms with Gasteiger partial charge in [0.1, 0.15) is 11.7 Å². The molecule has 6 heteroatoms. The van der Waals surface area contributed by atoms with Crippen molar-refractivity contribution in [2.45, 2.75) is 77.7 Å². The van der Waals surface area contributed by atoms with Crippen LogP contribution in [0, 0.1) is 5.92 Å². The van der Waals surface area contributed by atoms with E-state index in [1.165, 1.54) is 0 Å². The predicted octanol–water partition coefficient (Wildman–Crippen LogP) is 2.91. The molecule has 6 nitrogen and oxygen atoms in total. The highest BCUT2D eigenvalue weighted by atomic mass is 16.6. The molecule has 0 aromatic heterocycles. The zero-order chi connectivity index (χ0) is 16.5. The van der Waals surface area contributed by atoms with Gasteiger partial charge in [0.05, 0.1) is 6.04 Å². The van der Waals surface area contributed by atoms with E-state index in [0.29, 0.717) is 6.54 Å². The molecule has 1 heterocycles. The Kier molecular flexibility index (Phi) is 4.87. The first-order chi connectivity index (χ1) is 10.2. The highest BCUT2D eigenvalue weighted by molar-refractivity contribution is 5.70. The summed E-state index contributed by atoms with van der Waals surface area (Å²) in [5.74, 6) is 0.162. The molecule has 2 rings (SSSR count). The lowest BCUT2D eigenvalue weighted by atomic mass is 9.93. The number of amides is 2. The molecule has 2 aliphatic rings. The molecule has 0 unspecified atom stereocenters. The van der Waals surface area contributed by atoms with Gasteiger partial charge >= 0.3 is 12.2 Å². The van der Waals surface area contributed by atoms with Crippen molar-refractivity contribution < 1.29 is 19.1 Å². The molecule has 1 aliphatic carbocycles. The lowest BCUT2D eigenvalue weighted by molar-refractivity contribution is 0.0178. The van der Waals surface area contributed by atoms with Crippen LogP contribution in [-0.2, 0) is 9.47 Å². The quantitative estimate of drug-likeness (QED) is 0.847. The van der Waals surface area contributed by atoms with Gasteiger partial charge in [-0.1, -0.05) is 6.92 Å². The molecule has 2 fully saturated rings. The Labute approximate surface area is 132 Å². The van der Waals surface area contributed by atoms with E-state index >= 15 is 0 Å². The number of nitrogens with one attached hydrogen (secondary N) is 1. The molecule has 0 aromatic carbocycles. The number of hydrogen-bond donors (Lipinski definition) is 1. The average molecular weight is 312 g/mol. The van der Waals surface area contributed by atoms with E-state index in [1.54, 1.807) is 0 Å². The molecular formula is C16H28N2O4. The lowest BCUT2D eigenvalue weighted by Crippen LogP contribution is -2.47. The number of cyclic esters (lactones) is 1. The molecule has 1 saturated carbocycles. The number of carbonyl (C=O) groups excluding carboxylic acids is 2. The van der Waals surface area contributed by atoms with Gasteiger partial charge in [0.25, 0.3) is 0 Å². The van der Waals surface area contributed by atoms with E-state index < -0.39 is 5.60 Å². The first-order valence-electron chi connectivity index (χ1n) is 8.18. The van der Waals surface area contributed by atoms with E-state index in [1.807, 2.05) is 32.6 Å². The van der Waals surface area contributed by atoms with Crippen LogP contribution in [0.1, 0.15) is 53.9 Å². The Balaban J connectivity index is 2.02. The fourth-order valence-corrected chi connectivity index (χ4v) is 2.86. The van der Waals surface area contributed by atoms with Gasteiger partial charge in [0.15, 0.2) is 0 Å². The molecule has 1 aliphatic heterocycles. The molecule has 0 spiro atoms. The maximum Gasteiger partial charge on any atom is 0.410 e. The third-order valence-corrected chi connectivity index (χ3v) is 4.16. The fraction of sp³-hybridized carbons (Fsp3) is 0.875. The molecule has 126 valence electrons. The lowest BCUT2D eigenvalue weighted by Gasteiger charge is -2.32. The topological polar surface area (TPSA) is 67.9 Å². The van der Waals surface area contributed by atoms with Crippen LogP contribution in [-0.4, -0.2) is 47.4 Å². The van der Waals surface area contributed by atoms with Crippen molar-refractivity contribution in [2.24, 2.45) is 5.92 Å². The van der Waals surface area contributed by atoms with Gasteiger partial charge in [-0.3, -0.25) is 0 Å². The Morgan fingerprint density at radius 1 is 1.45 bits per heavy atom. The van der Waals surface area contributed by atoms with Crippen molar-refractivity contribution in [3.8, 4) is 0 Å². The van der Waals surface area contributed by atoms with Gasteiger partial charge in [-0.05, 0) is 47.0 Å². The smallest absolute Gasteiger partial charge is 0.410 e. The SMILES string of the molecule is CC[C@H](CN(C(=O)OC(C)(C)C)C1CC1)[C@@H]1NC(=O)O[C@H]1C. The average Bonchev–Trinajstić information content (AvgIpc) is 3.14. The Bertz CT molecular complexity index is 428. The first kappa shape index (κ1) is 16.9. The van der Waals surface area contributed by atoms with E-state index in [-0.39, 0.29) is 36.3 Å². The summed E-state index contributed by atoms with van der Waals surface area (Å²) in [6.45, 7) is 10.2. The number of nitrogens with zero attached hydrogens (tertiary/aromatic N) is 1. The Hall–Kier alpha value is -1.46. The standard InChI is InChI=1S/C16H28N2O4/c1-6-11(13-10(2)21-14(19)17-13)9-18(12-7-8-12)15(20)22-16(3,4)5/h10-13H,6-9H2,1-5H3,(H,17,19)/t10-,11+,13+/m0/s1. The number of hydrogen-bond acceptors (Lipinski definition) is 4. The van der Waals surface area contributed by atoms with Crippen LogP contribution < -0.4 is 5.32 Å². The molecular weight excluding hydrogens is 284 g/mol. The summed E-state index contributed by atoms with van der Waals surface area (Å²) in [6.07, 6.45) is 2.12. The number of ether oxygens (including phenoxy) is 2. The van der Waals surface area contributed by atoms with Gasteiger partial charge < -0.3 is 19.7 Å². The summed E-state index contributed by atoms with van der Waals surface area (Å²) >= 11 is 0. The molecule has 0 bridgehead atoms. The van der Waals surface area contributed by atoms with Crippen LogP contribution in [0.15, 0.2) is 0 Å². The summed E-state index contributed by atoms with van der Waals surface area (Å²) in [7, 11) is 0.